The zero-order chi connectivity index (χ0) is 25.9. The van der Waals surface area contributed by atoms with E-state index in [1.807, 2.05) is 6.07 Å². The molecule has 37 heavy (non-hydrogen) atoms. The molecule has 192 valence electrons. The molecular formula is C25H25ClFN7O3. The van der Waals surface area contributed by atoms with E-state index >= 15 is 0 Å². The average Bonchev–Trinajstić information content (AvgIpc) is 3.45. The number of nitrogens with one attached hydrogen (secondary N) is 1. The fourth-order valence-corrected chi connectivity index (χ4v) is 4.66. The molecule has 1 N–H and O–H groups in total. The van der Waals surface area contributed by atoms with Crippen LogP contribution in [0.3, 0.4) is 0 Å². The van der Waals surface area contributed by atoms with E-state index < -0.39 is 5.82 Å². The maximum Gasteiger partial charge on any atom is 0.346 e. The Balaban J connectivity index is 1.32. The van der Waals surface area contributed by atoms with Crippen molar-refractivity contribution in [1.29, 1.82) is 0 Å². The number of methoxy groups -OCH3 is 1. The minimum Gasteiger partial charge on any atom is -0.493 e. The summed E-state index contributed by atoms with van der Waals surface area (Å²) in [6.07, 6.45) is 7.25. The highest BCUT2D eigenvalue weighted by Crippen LogP contribution is 2.37. The monoisotopic (exact) mass is 525 g/mol. The van der Waals surface area contributed by atoms with E-state index in [1.54, 1.807) is 31.2 Å². The Morgan fingerprint density at radius 2 is 1.95 bits per heavy atom. The van der Waals surface area contributed by atoms with Crippen LogP contribution in [0.4, 0.5) is 20.7 Å². The van der Waals surface area contributed by atoms with E-state index in [4.69, 9.17) is 21.1 Å². The number of anilines is 2. The van der Waals surface area contributed by atoms with E-state index in [2.05, 4.69) is 25.4 Å². The van der Waals surface area contributed by atoms with Crippen LogP contribution in [-0.4, -0.2) is 62.0 Å². The molecular weight excluding hydrogens is 501 g/mol. The normalized spacial score (nSPS) is 17.4. The number of halogens is 2. The molecule has 10 nitrogen and oxygen atoms in total. The van der Waals surface area contributed by atoms with Gasteiger partial charge in [-0.15, -0.1) is 0 Å². The molecule has 0 aliphatic heterocycles. The average molecular weight is 526 g/mol. The molecule has 4 aromatic rings. The zero-order valence-corrected chi connectivity index (χ0v) is 21.0. The van der Waals surface area contributed by atoms with Gasteiger partial charge in [-0.25, -0.2) is 24.1 Å². The maximum absolute atomic E-state index is 13.6. The minimum absolute atomic E-state index is 0.0123. The molecule has 1 saturated carbocycles. The lowest BCUT2D eigenvalue weighted by Gasteiger charge is -2.34. The van der Waals surface area contributed by atoms with Crippen molar-refractivity contribution < 1.29 is 18.7 Å². The Morgan fingerprint density at radius 1 is 1.14 bits per heavy atom. The summed E-state index contributed by atoms with van der Waals surface area (Å²) in [7, 11) is 3.36. The fraction of sp³-hybridized carbons (Fsp3) is 0.320. The Labute approximate surface area is 217 Å². The van der Waals surface area contributed by atoms with E-state index in [-0.39, 0.29) is 23.2 Å². The molecule has 1 aliphatic rings. The SMILES string of the molecule is COc1cc2ncnc(Nc3ccc(F)c(Cl)c3)c2cc1O[C@H]1CC[C@@H](N(C)C(=O)n2cncn2)CC1. The predicted molar refractivity (Wildman–Crippen MR) is 136 cm³/mol. The highest BCUT2D eigenvalue weighted by Gasteiger charge is 2.29. The van der Waals surface area contributed by atoms with Gasteiger partial charge in [-0.1, -0.05) is 11.6 Å². The first kappa shape index (κ1) is 24.7. The third-order valence-corrected chi connectivity index (χ3v) is 6.79. The molecule has 2 heterocycles. The summed E-state index contributed by atoms with van der Waals surface area (Å²) in [6, 6.07) is 7.88. The molecule has 12 heteroatoms. The number of aromatic nitrogens is 5. The van der Waals surface area contributed by atoms with Crippen molar-refractivity contribution in [2.24, 2.45) is 0 Å². The first-order valence-electron chi connectivity index (χ1n) is 11.8. The van der Waals surface area contributed by atoms with E-state index in [0.717, 1.165) is 25.7 Å². The number of rotatable bonds is 6. The van der Waals surface area contributed by atoms with Crippen molar-refractivity contribution in [1.82, 2.24) is 29.6 Å². The van der Waals surface area contributed by atoms with Crippen LogP contribution in [0.15, 0.2) is 49.3 Å². The number of hydrogen-bond donors (Lipinski definition) is 1. The van der Waals surface area contributed by atoms with Gasteiger partial charge in [0.2, 0.25) is 0 Å². The molecule has 2 aromatic heterocycles. The quantitative estimate of drug-likeness (QED) is 0.372. The molecule has 0 unspecified atom stereocenters. The molecule has 0 saturated heterocycles. The zero-order valence-electron chi connectivity index (χ0n) is 20.3. The number of amides is 1. The second-order valence-electron chi connectivity index (χ2n) is 8.78. The summed E-state index contributed by atoms with van der Waals surface area (Å²) in [6.45, 7) is 0. The van der Waals surface area contributed by atoms with Gasteiger partial charge in [-0.2, -0.15) is 9.78 Å². The lowest BCUT2D eigenvalue weighted by molar-refractivity contribution is 0.106. The van der Waals surface area contributed by atoms with Gasteiger partial charge in [0.25, 0.3) is 0 Å². The number of hydrogen-bond acceptors (Lipinski definition) is 8. The molecule has 0 radical (unpaired) electrons. The summed E-state index contributed by atoms with van der Waals surface area (Å²) < 4.78 is 26.8. The van der Waals surface area contributed by atoms with Crippen molar-refractivity contribution in [3.8, 4) is 11.5 Å². The molecule has 5 rings (SSSR count). The van der Waals surface area contributed by atoms with Crippen molar-refractivity contribution in [3.63, 3.8) is 0 Å². The molecule has 0 atom stereocenters. The largest absolute Gasteiger partial charge is 0.493 e. The van der Waals surface area contributed by atoms with Gasteiger partial charge >= 0.3 is 6.03 Å². The van der Waals surface area contributed by atoms with Crippen molar-refractivity contribution in [2.45, 2.75) is 37.8 Å². The third-order valence-electron chi connectivity index (χ3n) is 6.50. The molecule has 0 spiro atoms. The summed E-state index contributed by atoms with van der Waals surface area (Å²) in [5, 5.41) is 7.83. The van der Waals surface area contributed by atoms with Crippen LogP contribution in [0.25, 0.3) is 10.9 Å². The lowest BCUT2D eigenvalue weighted by atomic mass is 9.92. The second kappa shape index (κ2) is 10.6. The fourth-order valence-electron chi connectivity index (χ4n) is 4.48. The van der Waals surface area contributed by atoms with Gasteiger partial charge in [-0.3, -0.25) is 0 Å². The Bertz CT molecular complexity index is 1410. The van der Waals surface area contributed by atoms with Crippen LogP contribution in [-0.2, 0) is 0 Å². The summed E-state index contributed by atoms with van der Waals surface area (Å²) in [5.41, 5.74) is 1.25. The predicted octanol–water partition coefficient (Wildman–Crippen LogP) is 5.06. The van der Waals surface area contributed by atoms with E-state index in [1.165, 1.54) is 35.8 Å². The Kier molecular flexibility index (Phi) is 7.04. The number of nitrogens with zero attached hydrogens (tertiary/aromatic N) is 6. The van der Waals surface area contributed by atoms with Crippen molar-refractivity contribution >= 4 is 40.0 Å². The molecule has 1 aliphatic carbocycles. The van der Waals surface area contributed by atoms with Gasteiger partial charge in [0.15, 0.2) is 11.5 Å². The van der Waals surface area contributed by atoms with Gasteiger partial charge in [0.1, 0.15) is 30.6 Å². The molecule has 1 fully saturated rings. The standard InChI is InChI=1S/C25H25ClFN7O3/c1-33(25(35)34-14-28-12-31-34)16-4-6-17(7-5-16)37-23-10-18-21(11-22(23)36-2)29-13-30-24(18)32-15-3-8-20(27)19(26)9-15/h3,8-14,16-17H,4-7H2,1-2H3,(H,29,30,32)/t16-,17+. The van der Waals surface area contributed by atoms with Crippen LogP contribution >= 0.6 is 11.6 Å². The first-order valence-corrected chi connectivity index (χ1v) is 12.1. The van der Waals surface area contributed by atoms with E-state index in [9.17, 15) is 9.18 Å². The topological polar surface area (TPSA) is 107 Å². The highest BCUT2D eigenvalue weighted by molar-refractivity contribution is 6.31. The Hall–Kier alpha value is -3.99. The van der Waals surface area contributed by atoms with Gasteiger partial charge in [0.05, 0.1) is 23.8 Å². The van der Waals surface area contributed by atoms with Gasteiger partial charge < -0.3 is 19.7 Å². The third kappa shape index (κ3) is 5.26. The second-order valence-corrected chi connectivity index (χ2v) is 9.19. The van der Waals surface area contributed by atoms with Gasteiger partial charge in [0, 0.05) is 30.2 Å². The van der Waals surface area contributed by atoms with E-state index in [0.29, 0.717) is 33.9 Å². The minimum atomic E-state index is -0.496. The number of carbonyl (C=O) groups excluding carboxylic acids is 1. The molecule has 1 amide bonds. The van der Waals surface area contributed by atoms with Crippen LogP contribution in [0.1, 0.15) is 25.7 Å². The van der Waals surface area contributed by atoms with Crippen LogP contribution in [0.2, 0.25) is 5.02 Å². The smallest absolute Gasteiger partial charge is 0.346 e. The summed E-state index contributed by atoms with van der Waals surface area (Å²) in [4.78, 5) is 26.8. The number of benzene rings is 2. The Morgan fingerprint density at radius 3 is 2.65 bits per heavy atom. The molecule has 2 aromatic carbocycles. The number of fused-ring (bicyclic) bond motifs is 1. The molecule has 0 bridgehead atoms. The van der Waals surface area contributed by atoms with Crippen LogP contribution in [0, 0.1) is 5.82 Å². The number of ether oxygens (including phenoxy) is 2. The maximum atomic E-state index is 13.6. The highest BCUT2D eigenvalue weighted by atomic mass is 35.5. The van der Waals surface area contributed by atoms with Crippen LogP contribution in [0.5, 0.6) is 11.5 Å². The summed E-state index contributed by atoms with van der Waals surface area (Å²) in [5.74, 6) is 1.16. The summed E-state index contributed by atoms with van der Waals surface area (Å²) >= 11 is 5.93. The number of carbonyl (C=O) groups is 1. The van der Waals surface area contributed by atoms with Gasteiger partial charge in [-0.05, 0) is 49.9 Å². The van der Waals surface area contributed by atoms with Crippen molar-refractivity contribution in [3.05, 3.63) is 60.2 Å². The lowest BCUT2D eigenvalue weighted by Crippen LogP contribution is -2.43. The van der Waals surface area contributed by atoms with Crippen molar-refractivity contribution in [2.75, 3.05) is 19.5 Å². The van der Waals surface area contributed by atoms with Crippen LogP contribution < -0.4 is 14.8 Å². The first-order chi connectivity index (χ1) is 17.9.